The number of hydrogen-bond donors (Lipinski definition) is 3. The average Bonchev–Trinajstić information content (AvgIpc) is 3.10. The molecule has 0 bridgehead atoms. The van der Waals surface area contributed by atoms with Crippen LogP contribution in [0.2, 0.25) is 0 Å². The quantitative estimate of drug-likeness (QED) is 0.694. The molecule has 8 heteroatoms. The zero-order valence-electron chi connectivity index (χ0n) is 16.0. The monoisotopic (exact) mass is 394 g/mol. The van der Waals surface area contributed by atoms with Crippen LogP contribution in [-0.4, -0.2) is 36.7 Å². The van der Waals surface area contributed by atoms with Crippen LogP contribution in [0.15, 0.2) is 54.6 Å². The maximum Gasteiger partial charge on any atom is 0.243 e. The molecule has 0 unspecified atom stereocenters. The number of rotatable bonds is 6. The smallest absolute Gasteiger partial charge is 0.243 e. The maximum absolute atomic E-state index is 12.4. The summed E-state index contributed by atoms with van der Waals surface area (Å²) in [7, 11) is 0. The third kappa shape index (κ3) is 5.41. The molecule has 3 N–H and O–H groups in total. The Morgan fingerprint density at radius 2 is 1.59 bits per heavy atom. The number of amides is 4. The highest BCUT2D eigenvalue weighted by molar-refractivity contribution is 6.01. The molecule has 0 aliphatic carbocycles. The van der Waals surface area contributed by atoms with Gasteiger partial charge in [0.25, 0.3) is 0 Å². The number of para-hydroxylation sites is 1. The molecular weight excluding hydrogens is 372 g/mol. The van der Waals surface area contributed by atoms with Gasteiger partial charge in [-0.3, -0.25) is 19.2 Å². The summed E-state index contributed by atoms with van der Waals surface area (Å²) in [6.45, 7) is 1.51. The predicted octanol–water partition coefficient (Wildman–Crippen LogP) is 1.75. The molecule has 3 rings (SSSR count). The second kappa shape index (κ2) is 9.01. The number of carbonyl (C=O) groups is 4. The first-order chi connectivity index (χ1) is 13.9. The number of nitrogens with one attached hydrogen (secondary N) is 3. The van der Waals surface area contributed by atoms with Crippen LogP contribution >= 0.6 is 0 Å². The molecule has 2 aromatic rings. The van der Waals surface area contributed by atoms with E-state index in [4.69, 9.17) is 0 Å². The van der Waals surface area contributed by atoms with Crippen molar-refractivity contribution < 1.29 is 19.2 Å². The first kappa shape index (κ1) is 20.1. The molecule has 0 spiro atoms. The summed E-state index contributed by atoms with van der Waals surface area (Å²) in [6, 6.07) is 15.8. The van der Waals surface area contributed by atoms with Crippen molar-refractivity contribution in [1.82, 2.24) is 5.32 Å². The Kier molecular flexibility index (Phi) is 6.23. The molecular formula is C21H22N4O4. The van der Waals surface area contributed by atoms with Gasteiger partial charge in [-0.1, -0.05) is 18.2 Å². The van der Waals surface area contributed by atoms with Crippen LogP contribution in [-0.2, 0) is 19.2 Å². The largest absolute Gasteiger partial charge is 0.347 e. The van der Waals surface area contributed by atoms with Crippen LogP contribution in [0.1, 0.15) is 13.3 Å². The van der Waals surface area contributed by atoms with Gasteiger partial charge in [-0.2, -0.15) is 0 Å². The summed E-state index contributed by atoms with van der Waals surface area (Å²) in [4.78, 5) is 49.2. The summed E-state index contributed by atoms with van der Waals surface area (Å²) >= 11 is 0. The van der Waals surface area contributed by atoms with Gasteiger partial charge in [0.2, 0.25) is 23.6 Å². The Hall–Kier alpha value is -3.68. The molecule has 4 amide bonds. The van der Waals surface area contributed by atoms with Gasteiger partial charge in [0, 0.05) is 37.0 Å². The van der Waals surface area contributed by atoms with Crippen LogP contribution in [0.4, 0.5) is 17.1 Å². The fraction of sp³-hybridized carbons (Fsp3) is 0.238. The van der Waals surface area contributed by atoms with E-state index in [0.29, 0.717) is 17.9 Å². The van der Waals surface area contributed by atoms with Gasteiger partial charge in [0.1, 0.15) is 0 Å². The molecule has 0 aromatic heterocycles. The molecule has 0 saturated carbocycles. The molecule has 8 nitrogen and oxygen atoms in total. The van der Waals surface area contributed by atoms with E-state index in [1.165, 1.54) is 6.92 Å². The number of nitrogens with zero attached hydrogens (tertiary/aromatic N) is 1. The Morgan fingerprint density at radius 1 is 0.966 bits per heavy atom. The molecule has 2 aromatic carbocycles. The van der Waals surface area contributed by atoms with E-state index in [1.807, 2.05) is 30.3 Å². The number of anilines is 3. The van der Waals surface area contributed by atoms with E-state index < -0.39 is 5.92 Å². The van der Waals surface area contributed by atoms with Crippen LogP contribution in [0.5, 0.6) is 0 Å². The molecule has 1 saturated heterocycles. The normalized spacial score (nSPS) is 15.7. The third-order valence-corrected chi connectivity index (χ3v) is 4.48. The Labute approximate surface area is 168 Å². The van der Waals surface area contributed by atoms with Crippen molar-refractivity contribution >= 4 is 40.7 Å². The van der Waals surface area contributed by atoms with Crippen LogP contribution < -0.4 is 20.9 Å². The van der Waals surface area contributed by atoms with E-state index >= 15 is 0 Å². The maximum atomic E-state index is 12.4. The molecule has 0 radical (unpaired) electrons. The number of hydrogen-bond acceptors (Lipinski definition) is 4. The van der Waals surface area contributed by atoms with Crippen molar-refractivity contribution in [3.05, 3.63) is 54.6 Å². The van der Waals surface area contributed by atoms with E-state index in [9.17, 15) is 19.2 Å². The van der Waals surface area contributed by atoms with Gasteiger partial charge in [0.05, 0.1) is 12.5 Å². The minimum absolute atomic E-state index is 0.111. The molecule has 1 heterocycles. The summed E-state index contributed by atoms with van der Waals surface area (Å²) in [6.07, 6.45) is 0.118. The van der Waals surface area contributed by atoms with Gasteiger partial charge in [-0.25, -0.2) is 0 Å². The van der Waals surface area contributed by atoms with E-state index in [1.54, 1.807) is 29.2 Å². The highest BCUT2D eigenvalue weighted by atomic mass is 16.2. The fourth-order valence-corrected chi connectivity index (χ4v) is 3.10. The van der Waals surface area contributed by atoms with Gasteiger partial charge >= 0.3 is 0 Å². The minimum Gasteiger partial charge on any atom is -0.347 e. The van der Waals surface area contributed by atoms with Gasteiger partial charge in [0.15, 0.2) is 0 Å². The highest BCUT2D eigenvalue weighted by Gasteiger charge is 2.35. The van der Waals surface area contributed by atoms with Crippen molar-refractivity contribution in [2.45, 2.75) is 13.3 Å². The third-order valence-electron chi connectivity index (χ3n) is 4.48. The standard InChI is InChI=1S/C21H22N4O4/c1-14(26)23-16-7-9-17(10-8-16)24-19(27)12-22-21(29)15-11-20(28)25(13-15)18-5-3-2-4-6-18/h2-10,15H,11-13H2,1H3,(H,22,29)(H,23,26)(H,24,27)/t15-/m1/s1. The van der Waals surface area contributed by atoms with Crippen molar-refractivity contribution in [2.24, 2.45) is 5.92 Å². The summed E-state index contributed by atoms with van der Waals surface area (Å²) in [5.41, 5.74) is 1.93. The molecule has 150 valence electrons. The zero-order valence-corrected chi connectivity index (χ0v) is 16.0. The lowest BCUT2D eigenvalue weighted by molar-refractivity contribution is -0.127. The first-order valence-electron chi connectivity index (χ1n) is 9.23. The lowest BCUT2D eigenvalue weighted by Gasteiger charge is -2.16. The van der Waals surface area contributed by atoms with Gasteiger partial charge < -0.3 is 20.9 Å². The van der Waals surface area contributed by atoms with Crippen LogP contribution in [0.3, 0.4) is 0 Å². The molecule has 1 aliphatic heterocycles. The number of benzene rings is 2. The molecule has 1 fully saturated rings. The average molecular weight is 394 g/mol. The van der Waals surface area contributed by atoms with Crippen molar-refractivity contribution in [1.29, 1.82) is 0 Å². The fourth-order valence-electron chi connectivity index (χ4n) is 3.10. The van der Waals surface area contributed by atoms with Crippen LogP contribution in [0.25, 0.3) is 0 Å². The topological polar surface area (TPSA) is 108 Å². The summed E-state index contributed by atoms with van der Waals surface area (Å²) in [5.74, 6) is -1.49. The molecule has 29 heavy (non-hydrogen) atoms. The van der Waals surface area contributed by atoms with Crippen molar-refractivity contribution in [2.75, 3.05) is 28.6 Å². The predicted molar refractivity (Wildman–Crippen MR) is 109 cm³/mol. The van der Waals surface area contributed by atoms with E-state index in [0.717, 1.165) is 5.69 Å². The van der Waals surface area contributed by atoms with Crippen molar-refractivity contribution in [3.8, 4) is 0 Å². The van der Waals surface area contributed by atoms with Crippen molar-refractivity contribution in [3.63, 3.8) is 0 Å². The second-order valence-corrected chi connectivity index (χ2v) is 6.77. The second-order valence-electron chi connectivity index (χ2n) is 6.77. The van der Waals surface area contributed by atoms with Gasteiger partial charge in [-0.15, -0.1) is 0 Å². The molecule has 1 atom stereocenters. The summed E-state index contributed by atoms with van der Waals surface area (Å²) in [5, 5.41) is 7.89. The minimum atomic E-state index is -0.493. The van der Waals surface area contributed by atoms with Crippen LogP contribution in [0, 0.1) is 5.92 Å². The Bertz CT molecular complexity index is 912. The summed E-state index contributed by atoms with van der Waals surface area (Å²) < 4.78 is 0. The molecule has 1 aliphatic rings. The van der Waals surface area contributed by atoms with E-state index in [-0.39, 0.29) is 36.6 Å². The highest BCUT2D eigenvalue weighted by Crippen LogP contribution is 2.24. The Balaban J connectivity index is 1.47. The Morgan fingerprint density at radius 3 is 2.21 bits per heavy atom. The lowest BCUT2D eigenvalue weighted by atomic mass is 10.1. The SMILES string of the molecule is CC(=O)Nc1ccc(NC(=O)CNC(=O)[C@@H]2CC(=O)N(c3ccccc3)C2)cc1. The van der Waals surface area contributed by atoms with E-state index in [2.05, 4.69) is 16.0 Å². The zero-order chi connectivity index (χ0) is 20.8. The first-order valence-corrected chi connectivity index (χ1v) is 9.23. The lowest BCUT2D eigenvalue weighted by Crippen LogP contribution is -2.37. The van der Waals surface area contributed by atoms with Gasteiger partial charge in [-0.05, 0) is 36.4 Å². The number of carbonyl (C=O) groups excluding carboxylic acids is 4.